The maximum Gasteiger partial charge on any atom is 0.344 e. The van der Waals surface area contributed by atoms with Crippen LogP contribution in [0.2, 0.25) is 0 Å². The molecule has 0 aliphatic rings. The minimum absolute atomic E-state index is 0.189. The topological polar surface area (TPSA) is 66.8 Å². The summed E-state index contributed by atoms with van der Waals surface area (Å²) in [6, 6.07) is 3.54. The number of aliphatic hydroxyl groups excluding tert-OH is 1. The van der Waals surface area contributed by atoms with Crippen LogP contribution in [0.25, 0.3) is 0 Å². The molecule has 0 saturated carbocycles. The molecule has 1 atom stereocenters. The molecule has 0 radical (unpaired) electrons. The van der Waals surface area contributed by atoms with Crippen LogP contribution in [-0.2, 0) is 11.4 Å². The fraction of sp³-hybridized carbons (Fsp3) is 0.417. The molecule has 0 heterocycles. The monoisotopic (exact) mass is 302 g/mol. The molecule has 1 unspecified atom stereocenters. The van der Waals surface area contributed by atoms with Crippen LogP contribution in [0, 0.1) is 6.92 Å². The first-order chi connectivity index (χ1) is 7.99. The number of hydrogen-bond donors (Lipinski definition) is 2. The molecule has 0 spiro atoms. The summed E-state index contributed by atoms with van der Waals surface area (Å²) in [5.41, 5.74) is 1.37. The molecule has 0 bridgehead atoms. The normalized spacial score (nSPS) is 12.2. The number of carboxylic acid groups (broad SMARTS) is 1. The summed E-state index contributed by atoms with van der Waals surface area (Å²) >= 11 is 3.32. The van der Waals surface area contributed by atoms with E-state index in [2.05, 4.69) is 15.9 Å². The molecule has 0 fully saturated rings. The summed E-state index contributed by atoms with van der Waals surface area (Å²) in [5, 5.41) is 18.2. The van der Waals surface area contributed by atoms with Crippen molar-refractivity contribution in [2.24, 2.45) is 0 Å². The van der Waals surface area contributed by atoms with Crippen molar-refractivity contribution in [1.29, 1.82) is 0 Å². The quantitative estimate of drug-likeness (QED) is 0.877. The van der Waals surface area contributed by atoms with Gasteiger partial charge in [0, 0.05) is 10.0 Å². The van der Waals surface area contributed by atoms with Crippen molar-refractivity contribution in [3.8, 4) is 5.75 Å². The van der Waals surface area contributed by atoms with Gasteiger partial charge in [-0.3, -0.25) is 0 Å². The number of carboxylic acids is 1. The van der Waals surface area contributed by atoms with Crippen LogP contribution >= 0.6 is 15.9 Å². The van der Waals surface area contributed by atoms with E-state index in [1.165, 1.54) is 0 Å². The molecule has 1 aromatic rings. The van der Waals surface area contributed by atoms with E-state index in [1.807, 2.05) is 13.0 Å². The Balaban J connectivity index is 3.08. The first-order valence-corrected chi connectivity index (χ1v) is 6.08. The minimum Gasteiger partial charge on any atom is -0.479 e. The number of rotatable bonds is 5. The van der Waals surface area contributed by atoms with E-state index in [4.69, 9.17) is 9.84 Å². The molecule has 0 aromatic heterocycles. The van der Waals surface area contributed by atoms with Crippen molar-refractivity contribution < 1.29 is 19.7 Å². The van der Waals surface area contributed by atoms with Crippen LogP contribution in [0.1, 0.15) is 24.5 Å². The van der Waals surface area contributed by atoms with Gasteiger partial charge in [-0.25, -0.2) is 4.79 Å². The highest BCUT2D eigenvalue weighted by Gasteiger charge is 2.19. The Morgan fingerprint density at radius 3 is 2.65 bits per heavy atom. The third-order valence-electron chi connectivity index (χ3n) is 2.39. The molecule has 4 nitrogen and oxygen atoms in total. The predicted octanol–water partition coefficient (Wildman–Crippen LogP) is 2.49. The fourth-order valence-electron chi connectivity index (χ4n) is 1.54. The van der Waals surface area contributed by atoms with Gasteiger partial charge in [0.05, 0.1) is 6.61 Å². The molecule has 2 N–H and O–H groups in total. The van der Waals surface area contributed by atoms with E-state index in [9.17, 15) is 9.90 Å². The molecular weight excluding hydrogens is 288 g/mol. The number of benzene rings is 1. The van der Waals surface area contributed by atoms with Crippen LogP contribution in [0.15, 0.2) is 16.6 Å². The molecule has 0 aliphatic heterocycles. The number of aliphatic carboxylic acids is 1. The second-order valence-electron chi connectivity index (χ2n) is 3.72. The average Bonchev–Trinajstić information content (AvgIpc) is 2.26. The smallest absolute Gasteiger partial charge is 0.344 e. The molecule has 17 heavy (non-hydrogen) atoms. The van der Waals surface area contributed by atoms with Crippen molar-refractivity contribution >= 4 is 21.9 Å². The van der Waals surface area contributed by atoms with E-state index in [1.54, 1.807) is 13.0 Å². The van der Waals surface area contributed by atoms with Crippen LogP contribution in [0.4, 0.5) is 0 Å². The minimum atomic E-state index is -1.00. The van der Waals surface area contributed by atoms with Gasteiger partial charge in [-0.1, -0.05) is 22.9 Å². The van der Waals surface area contributed by atoms with E-state index in [0.717, 1.165) is 10.0 Å². The number of aliphatic hydroxyl groups is 1. The summed E-state index contributed by atoms with van der Waals surface area (Å²) in [5.74, 6) is -0.552. The predicted molar refractivity (Wildman–Crippen MR) is 67.1 cm³/mol. The highest BCUT2D eigenvalue weighted by molar-refractivity contribution is 9.10. The van der Waals surface area contributed by atoms with Gasteiger partial charge in [-0.05, 0) is 31.0 Å². The van der Waals surface area contributed by atoms with Gasteiger partial charge in [0.2, 0.25) is 0 Å². The van der Waals surface area contributed by atoms with Crippen LogP contribution in [-0.4, -0.2) is 22.3 Å². The Hall–Kier alpha value is -1.07. The van der Waals surface area contributed by atoms with Crippen molar-refractivity contribution in [1.82, 2.24) is 0 Å². The SMILES string of the molecule is CCC(Oc1c(C)cc(Br)cc1CO)C(=O)O. The number of carbonyl (C=O) groups is 1. The number of hydrogen-bond acceptors (Lipinski definition) is 3. The maximum absolute atomic E-state index is 10.9. The Bertz CT molecular complexity index is 417. The Morgan fingerprint density at radius 1 is 1.53 bits per heavy atom. The highest BCUT2D eigenvalue weighted by Crippen LogP contribution is 2.29. The maximum atomic E-state index is 10.9. The zero-order valence-electron chi connectivity index (χ0n) is 9.74. The largest absolute Gasteiger partial charge is 0.479 e. The average molecular weight is 303 g/mol. The van der Waals surface area contributed by atoms with Crippen LogP contribution in [0.3, 0.4) is 0 Å². The lowest BCUT2D eigenvalue weighted by molar-refractivity contribution is -0.145. The van der Waals surface area contributed by atoms with Gasteiger partial charge in [0.15, 0.2) is 6.10 Å². The van der Waals surface area contributed by atoms with Gasteiger partial charge in [0.25, 0.3) is 0 Å². The summed E-state index contributed by atoms with van der Waals surface area (Å²) in [6.07, 6.45) is -0.518. The van der Waals surface area contributed by atoms with Gasteiger partial charge >= 0.3 is 5.97 Å². The number of halogens is 1. The third-order valence-corrected chi connectivity index (χ3v) is 2.85. The second kappa shape index (κ2) is 6.02. The molecule has 0 amide bonds. The fourth-order valence-corrected chi connectivity index (χ4v) is 2.16. The molecule has 0 aliphatic carbocycles. The Labute approximate surface area is 108 Å². The van der Waals surface area contributed by atoms with Crippen molar-refractivity contribution in [3.63, 3.8) is 0 Å². The van der Waals surface area contributed by atoms with Crippen LogP contribution < -0.4 is 4.74 Å². The van der Waals surface area contributed by atoms with Crippen molar-refractivity contribution in [2.75, 3.05) is 0 Å². The van der Waals surface area contributed by atoms with Crippen molar-refractivity contribution in [2.45, 2.75) is 33.0 Å². The third kappa shape index (κ3) is 3.44. The van der Waals surface area contributed by atoms with Gasteiger partial charge in [-0.15, -0.1) is 0 Å². The first kappa shape index (κ1) is 14.0. The van der Waals surface area contributed by atoms with Crippen LogP contribution in [0.5, 0.6) is 5.75 Å². The zero-order chi connectivity index (χ0) is 13.0. The molecule has 1 rings (SSSR count). The van der Waals surface area contributed by atoms with Crippen molar-refractivity contribution in [3.05, 3.63) is 27.7 Å². The lowest BCUT2D eigenvalue weighted by Gasteiger charge is -2.18. The lowest BCUT2D eigenvalue weighted by atomic mass is 10.1. The Morgan fingerprint density at radius 2 is 2.18 bits per heavy atom. The summed E-state index contributed by atoms with van der Waals surface area (Å²) < 4.78 is 6.28. The summed E-state index contributed by atoms with van der Waals surface area (Å²) in [4.78, 5) is 10.9. The molecule has 1 aromatic carbocycles. The first-order valence-electron chi connectivity index (χ1n) is 5.29. The lowest BCUT2D eigenvalue weighted by Crippen LogP contribution is -2.26. The number of ether oxygens (including phenoxy) is 1. The summed E-state index contributed by atoms with van der Waals surface area (Å²) in [6.45, 7) is 3.37. The molecule has 94 valence electrons. The van der Waals surface area contributed by atoms with Gasteiger partial charge in [0.1, 0.15) is 5.75 Å². The van der Waals surface area contributed by atoms with Gasteiger partial charge in [-0.2, -0.15) is 0 Å². The summed E-state index contributed by atoms with van der Waals surface area (Å²) in [7, 11) is 0. The van der Waals surface area contributed by atoms with E-state index < -0.39 is 12.1 Å². The highest BCUT2D eigenvalue weighted by atomic mass is 79.9. The second-order valence-corrected chi connectivity index (χ2v) is 4.64. The Kier molecular flexibility index (Phi) is 4.96. The van der Waals surface area contributed by atoms with Gasteiger partial charge < -0.3 is 14.9 Å². The number of aryl methyl sites for hydroxylation is 1. The van der Waals surface area contributed by atoms with E-state index >= 15 is 0 Å². The standard InChI is InChI=1S/C12H15BrO4/c1-3-10(12(15)16)17-11-7(2)4-9(13)5-8(11)6-14/h4-5,10,14H,3,6H2,1-2H3,(H,15,16). The molecule has 5 heteroatoms. The molecule has 0 saturated heterocycles. The van der Waals surface area contributed by atoms with E-state index in [-0.39, 0.29) is 6.61 Å². The zero-order valence-corrected chi connectivity index (χ0v) is 11.3. The molecular formula is C12H15BrO4. The van der Waals surface area contributed by atoms with E-state index in [0.29, 0.717) is 17.7 Å².